The first-order chi connectivity index (χ1) is 11.3. The quantitative estimate of drug-likeness (QED) is 0.835. The number of ether oxygens (including phenoxy) is 2. The Morgan fingerprint density at radius 1 is 1.13 bits per heavy atom. The van der Waals surface area contributed by atoms with Gasteiger partial charge >= 0.3 is 0 Å². The smallest absolute Gasteiger partial charge is 0.274 e. The predicted molar refractivity (Wildman–Crippen MR) is 84.3 cm³/mol. The van der Waals surface area contributed by atoms with Crippen LogP contribution in [0.25, 0.3) is 0 Å². The van der Waals surface area contributed by atoms with E-state index in [2.05, 4.69) is 9.55 Å². The Labute approximate surface area is 136 Å². The van der Waals surface area contributed by atoms with Crippen molar-refractivity contribution in [2.45, 2.75) is 64.3 Å². The first-order valence-electron chi connectivity index (χ1n) is 8.86. The Morgan fingerprint density at radius 3 is 2.74 bits per heavy atom. The zero-order chi connectivity index (χ0) is 15.8. The third kappa shape index (κ3) is 2.68. The second-order valence-electron chi connectivity index (χ2n) is 6.73. The Balaban J connectivity index is 1.62. The Morgan fingerprint density at radius 2 is 1.91 bits per heavy atom. The number of carbonyl (C=O) groups excluding carboxylic acids is 1. The minimum Gasteiger partial charge on any atom is -0.348 e. The molecule has 0 aromatic carbocycles. The van der Waals surface area contributed by atoms with E-state index in [4.69, 9.17) is 9.47 Å². The van der Waals surface area contributed by atoms with Gasteiger partial charge in [-0.15, -0.1) is 0 Å². The van der Waals surface area contributed by atoms with Crippen LogP contribution in [0.1, 0.15) is 54.1 Å². The van der Waals surface area contributed by atoms with Crippen molar-refractivity contribution in [3.63, 3.8) is 0 Å². The summed E-state index contributed by atoms with van der Waals surface area (Å²) in [6, 6.07) is 0.0278. The molecule has 1 amide bonds. The van der Waals surface area contributed by atoms with Crippen LogP contribution in [-0.4, -0.2) is 52.4 Å². The minimum absolute atomic E-state index is 0.0278. The minimum atomic E-state index is -0.265. The Bertz CT molecular complexity index is 592. The normalized spacial score (nSPS) is 25.6. The van der Waals surface area contributed by atoms with E-state index in [1.54, 1.807) is 0 Å². The third-order valence-electron chi connectivity index (χ3n) is 5.28. The van der Waals surface area contributed by atoms with Crippen LogP contribution in [0.15, 0.2) is 0 Å². The lowest BCUT2D eigenvalue weighted by molar-refractivity contribution is -0.100. The molecule has 3 aliphatic heterocycles. The van der Waals surface area contributed by atoms with Gasteiger partial charge in [-0.25, -0.2) is 4.98 Å². The standard InChI is InChI=1S/C17H25N3O3/c1-12-18-15(13-6-2-4-8-19(12)13)16(21)20-9-5-3-7-14(20)17-22-10-11-23-17/h14,17H,2-11H2,1H3/t14-/m0/s1. The molecule has 0 aliphatic carbocycles. The summed E-state index contributed by atoms with van der Waals surface area (Å²) in [4.78, 5) is 19.8. The predicted octanol–water partition coefficient (Wildman–Crippen LogP) is 1.90. The summed E-state index contributed by atoms with van der Waals surface area (Å²) in [5.74, 6) is 1.03. The van der Waals surface area contributed by atoms with Gasteiger partial charge in [-0.3, -0.25) is 4.79 Å². The van der Waals surface area contributed by atoms with E-state index >= 15 is 0 Å². The number of aryl methyl sites for hydroxylation is 1. The molecule has 2 saturated heterocycles. The number of imidazole rings is 1. The number of carbonyl (C=O) groups is 1. The van der Waals surface area contributed by atoms with Crippen molar-refractivity contribution in [3.05, 3.63) is 17.2 Å². The van der Waals surface area contributed by atoms with Gasteiger partial charge in [0.05, 0.1) is 24.9 Å². The highest BCUT2D eigenvalue weighted by Crippen LogP contribution is 2.28. The van der Waals surface area contributed by atoms with E-state index in [1.807, 2.05) is 11.8 Å². The Hall–Kier alpha value is -1.40. The van der Waals surface area contributed by atoms with Crippen LogP contribution in [0.3, 0.4) is 0 Å². The first kappa shape index (κ1) is 15.1. The SMILES string of the molecule is Cc1nc(C(=O)N2CCCC[C@H]2C2OCCO2)c2n1CCCC2. The third-order valence-corrected chi connectivity index (χ3v) is 5.28. The van der Waals surface area contributed by atoms with Crippen molar-refractivity contribution in [3.8, 4) is 0 Å². The van der Waals surface area contributed by atoms with Gasteiger partial charge in [0.2, 0.25) is 0 Å². The zero-order valence-corrected chi connectivity index (χ0v) is 13.8. The number of likely N-dealkylation sites (tertiary alicyclic amines) is 1. The van der Waals surface area contributed by atoms with E-state index in [-0.39, 0.29) is 18.2 Å². The van der Waals surface area contributed by atoms with Crippen LogP contribution in [-0.2, 0) is 22.4 Å². The molecule has 0 bridgehead atoms. The van der Waals surface area contributed by atoms with E-state index in [0.717, 1.165) is 56.7 Å². The molecule has 126 valence electrons. The molecule has 0 N–H and O–H groups in total. The largest absolute Gasteiger partial charge is 0.348 e. The summed E-state index contributed by atoms with van der Waals surface area (Å²) < 4.78 is 13.6. The van der Waals surface area contributed by atoms with Crippen molar-refractivity contribution < 1.29 is 14.3 Å². The van der Waals surface area contributed by atoms with Crippen LogP contribution in [0.4, 0.5) is 0 Å². The van der Waals surface area contributed by atoms with Gasteiger partial charge in [-0.05, 0) is 45.4 Å². The van der Waals surface area contributed by atoms with Crippen molar-refractivity contribution in [1.29, 1.82) is 0 Å². The molecule has 0 spiro atoms. The molecule has 6 nitrogen and oxygen atoms in total. The lowest BCUT2D eigenvalue weighted by atomic mass is 10.00. The maximum Gasteiger partial charge on any atom is 0.274 e. The highest BCUT2D eigenvalue weighted by atomic mass is 16.7. The van der Waals surface area contributed by atoms with E-state index < -0.39 is 0 Å². The molecule has 0 radical (unpaired) electrons. The van der Waals surface area contributed by atoms with Gasteiger partial charge in [0.25, 0.3) is 5.91 Å². The maximum atomic E-state index is 13.2. The van der Waals surface area contributed by atoms with E-state index in [0.29, 0.717) is 18.9 Å². The van der Waals surface area contributed by atoms with Crippen LogP contribution < -0.4 is 0 Å². The summed E-state index contributed by atoms with van der Waals surface area (Å²) in [5.41, 5.74) is 1.78. The average Bonchev–Trinajstić information content (AvgIpc) is 3.23. The zero-order valence-electron chi connectivity index (χ0n) is 13.8. The van der Waals surface area contributed by atoms with Gasteiger partial charge in [0.1, 0.15) is 11.5 Å². The van der Waals surface area contributed by atoms with Crippen molar-refractivity contribution in [2.24, 2.45) is 0 Å². The molecule has 23 heavy (non-hydrogen) atoms. The highest BCUT2D eigenvalue weighted by molar-refractivity contribution is 5.94. The van der Waals surface area contributed by atoms with E-state index in [1.165, 1.54) is 6.42 Å². The number of amides is 1. The second-order valence-corrected chi connectivity index (χ2v) is 6.73. The van der Waals surface area contributed by atoms with Gasteiger partial charge in [0, 0.05) is 13.1 Å². The van der Waals surface area contributed by atoms with E-state index in [9.17, 15) is 4.79 Å². The van der Waals surface area contributed by atoms with Crippen molar-refractivity contribution in [1.82, 2.24) is 14.5 Å². The molecule has 1 aromatic rings. The molecule has 0 unspecified atom stereocenters. The summed E-state index contributed by atoms with van der Waals surface area (Å²) in [6.45, 7) is 5.02. The number of piperidine rings is 1. The fraction of sp³-hybridized carbons (Fsp3) is 0.765. The second kappa shape index (κ2) is 6.24. The maximum absolute atomic E-state index is 13.2. The summed E-state index contributed by atoms with van der Waals surface area (Å²) in [6.07, 6.45) is 6.13. The van der Waals surface area contributed by atoms with Crippen LogP contribution in [0, 0.1) is 6.92 Å². The summed E-state index contributed by atoms with van der Waals surface area (Å²) in [7, 11) is 0. The lowest BCUT2D eigenvalue weighted by Crippen LogP contribution is -2.50. The monoisotopic (exact) mass is 319 g/mol. The molecule has 4 rings (SSSR count). The van der Waals surface area contributed by atoms with Crippen molar-refractivity contribution in [2.75, 3.05) is 19.8 Å². The van der Waals surface area contributed by atoms with Crippen LogP contribution in [0.5, 0.6) is 0 Å². The molecule has 6 heteroatoms. The molecule has 4 heterocycles. The first-order valence-corrected chi connectivity index (χ1v) is 8.86. The number of rotatable bonds is 2. The molecule has 0 saturated carbocycles. The lowest BCUT2D eigenvalue weighted by Gasteiger charge is -2.37. The van der Waals surface area contributed by atoms with Crippen LogP contribution in [0.2, 0.25) is 0 Å². The molecule has 1 atom stereocenters. The van der Waals surface area contributed by atoms with Gasteiger partial charge in [-0.2, -0.15) is 0 Å². The average molecular weight is 319 g/mol. The van der Waals surface area contributed by atoms with Crippen molar-refractivity contribution >= 4 is 5.91 Å². The number of hydrogen-bond acceptors (Lipinski definition) is 4. The molecular formula is C17H25N3O3. The fourth-order valence-corrected chi connectivity index (χ4v) is 4.12. The highest BCUT2D eigenvalue weighted by Gasteiger charge is 2.38. The molecular weight excluding hydrogens is 294 g/mol. The van der Waals surface area contributed by atoms with Crippen LogP contribution >= 0.6 is 0 Å². The number of aromatic nitrogens is 2. The number of fused-ring (bicyclic) bond motifs is 1. The molecule has 2 fully saturated rings. The van der Waals surface area contributed by atoms with Gasteiger partial charge in [-0.1, -0.05) is 0 Å². The van der Waals surface area contributed by atoms with Gasteiger partial charge in [0.15, 0.2) is 6.29 Å². The molecule has 1 aromatic heterocycles. The summed E-state index contributed by atoms with van der Waals surface area (Å²) >= 11 is 0. The summed E-state index contributed by atoms with van der Waals surface area (Å²) in [5, 5.41) is 0. The number of nitrogens with zero attached hydrogens (tertiary/aromatic N) is 3. The fourth-order valence-electron chi connectivity index (χ4n) is 4.12. The Kier molecular flexibility index (Phi) is 4.11. The molecule has 3 aliphatic rings. The number of hydrogen-bond donors (Lipinski definition) is 0. The topological polar surface area (TPSA) is 56.6 Å². The van der Waals surface area contributed by atoms with Gasteiger partial charge < -0.3 is 18.9 Å².